The fourth-order valence-electron chi connectivity index (χ4n) is 8.27. The second-order valence-corrected chi connectivity index (χ2v) is 18.6. The summed E-state index contributed by atoms with van der Waals surface area (Å²) in [6, 6.07) is 0.481. The first-order valence-electron chi connectivity index (χ1n) is 27.4. The van der Waals surface area contributed by atoms with Crippen molar-refractivity contribution < 1.29 is 19.4 Å². The van der Waals surface area contributed by atoms with E-state index in [1.807, 2.05) is 0 Å². The highest BCUT2D eigenvalue weighted by Crippen LogP contribution is 2.14. The topological polar surface area (TPSA) is 102 Å². The number of carbonyl (C=O) groups is 2. The number of allylic oxidation sites excluding steroid dienone is 6. The molecule has 0 spiro atoms. The molecule has 0 bridgehead atoms. The second-order valence-electron chi connectivity index (χ2n) is 18.6. The number of carboxylic acid groups (broad SMARTS) is 1. The smallest absolute Gasteiger partial charge is 0.305 e. The van der Waals surface area contributed by atoms with Gasteiger partial charge in [0.15, 0.2) is 0 Å². The van der Waals surface area contributed by atoms with E-state index in [9.17, 15) is 9.59 Å². The third-order valence-electron chi connectivity index (χ3n) is 12.5. The highest BCUT2D eigenvalue weighted by Gasteiger charge is 2.06. The Balaban J connectivity index is 3.36. The van der Waals surface area contributed by atoms with Gasteiger partial charge in [0.05, 0.1) is 6.61 Å². The summed E-state index contributed by atoms with van der Waals surface area (Å²) < 4.78 is 5.47. The number of nitrogens with one attached hydrogen (secondary N) is 1. The number of aliphatic carboxylic acids is 1. The molecule has 0 rings (SSSR count). The van der Waals surface area contributed by atoms with Gasteiger partial charge in [0.2, 0.25) is 0 Å². The van der Waals surface area contributed by atoms with Crippen LogP contribution >= 0.6 is 0 Å². The van der Waals surface area contributed by atoms with Gasteiger partial charge in [0.1, 0.15) is 0 Å². The molecule has 62 heavy (non-hydrogen) atoms. The molecule has 364 valence electrons. The Labute approximate surface area is 386 Å². The normalized spacial score (nSPS) is 12.4. The number of ether oxygens (including phenoxy) is 1. The first-order chi connectivity index (χ1) is 30.6. The molecule has 1 atom stereocenters. The molecule has 0 aromatic carbocycles. The molecule has 0 aromatic heterocycles. The Morgan fingerprint density at radius 3 is 1.19 bits per heavy atom. The van der Waals surface area contributed by atoms with Crippen molar-refractivity contribution in [3.63, 3.8) is 0 Å². The standard InChI is InChI=1S/C56H106N2O4/c1-2-3-4-5-6-7-8-9-10-17-22-27-32-37-42-47-52-62-56(61)50-45-40-35-30-25-20-15-12-16-21-26-31-36-41-46-51-58-54(53-57)48-43-38-33-28-23-18-13-11-14-19-24-29-34-39-44-49-55(59)60/h9-12,14-15,54,58H,2-8,13,16-53,57H2,1H3,(H,59,60). The van der Waals surface area contributed by atoms with Crippen LogP contribution in [0.25, 0.3) is 0 Å². The summed E-state index contributed by atoms with van der Waals surface area (Å²) in [5, 5.41) is 12.4. The molecular formula is C56H106N2O4. The van der Waals surface area contributed by atoms with Gasteiger partial charge in [-0.2, -0.15) is 0 Å². The maximum atomic E-state index is 12.1. The van der Waals surface area contributed by atoms with Crippen LogP contribution in [0.2, 0.25) is 0 Å². The molecule has 4 N–H and O–H groups in total. The molecule has 0 aliphatic rings. The van der Waals surface area contributed by atoms with E-state index in [1.54, 1.807) is 0 Å². The second kappa shape index (κ2) is 53.4. The summed E-state index contributed by atoms with van der Waals surface area (Å²) in [5.41, 5.74) is 6.07. The maximum absolute atomic E-state index is 12.1. The van der Waals surface area contributed by atoms with E-state index in [-0.39, 0.29) is 5.97 Å². The third-order valence-corrected chi connectivity index (χ3v) is 12.5. The maximum Gasteiger partial charge on any atom is 0.305 e. The van der Waals surface area contributed by atoms with Crippen molar-refractivity contribution in [2.45, 2.75) is 289 Å². The van der Waals surface area contributed by atoms with Crippen LogP contribution in [0.4, 0.5) is 0 Å². The predicted molar refractivity (Wildman–Crippen MR) is 271 cm³/mol. The van der Waals surface area contributed by atoms with Crippen LogP contribution in [0.3, 0.4) is 0 Å². The van der Waals surface area contributed by atoms with Crippen LogP contribution in [0, 0.1) is 0 Å². The molecule has 0 aliphatic carbocycles. The Bertz CT molecular complexity index is 994. The molecule has 0 heterocycles. The summed E-state index contributed by atoms with van der Waals surface area (Å²) >= 11 is 0. The summed E-state index contributed by atoms with van der Waals surface area (Å²) in [6.45, 7) is 4.74. The lowest BCUT2D eigenvalue weighted by atomic mass is 10.0. The molecule has 0 amide bonds. The van der Waals surface area contributed by atoms with Gasteiger partial charge in [-0.1, -0.05) is 197 Å². The average molecular weight is 871 g/mol. The lowest BCUT2D eigenvalue weighted by Gasteiger charge is -2.16. The number of esters is 1. The molecule has 1 unspecified atom stereocenters. The van der Waals surface area contributed by atoms with Crippen molar-refractivity contribution in [3.05, 3.63) is 36.5 Å². The molecule has 0 saturated heterocycles. The van der Waals surface area contributed by atoms with Crippen molar-refractivity contribution in [3.8, 4) is 0 Å². The highest BCUT2D eigenvalue weighted by molar-refractivity contribution is 5.69. The number of rotatable bonds is 52. The van der Waals surface area contributed by atoms with Gasteiger partial charge in [0, 0.05) is 25.4 Å². The minimum atomic E-state index is -0.670. The number of carboxylic acids is 1. The molecule has 6 heteroatoms. The van der Waals surface area contributed by atoms with E-state index in [0.717, 1.165) is 51.6 Å². The first-order valence-corrected chi connectivity index (χ1v) is 27.4. The van der Waals surface area contributed by atoms with Gasteiger partial charge in [-0.3, -0.25) is 9.59 Å². The van der Waals surface area contributed by atoms with Crippen molar-refractivity contribution >= 4 is 11.9 Å². The first kappa shape index (κ1) is 60.1. The number of unbranched alkanes of at least 4 members (excludes halogenated alkanes) is 34. The van der Waals surface area contributed by atoms with Crippen molar-refractivity contribution in [2.75, 3.05) is 19.7 Å². The fraction of sp³-hybridized carbons (Fsp3) is 0.857. The van der Waals surface area contributed by atoms with Crippen LogP contribution in [0.5, 0.6) is 0 Å². The largest absolute Gasteiger partial charge is 0.481 e. The van der Waals surface area contributed by atoms with Crippen LogP contribution < -0.4 is 11.1 Å². The van der Waals surface area contributed by atoms with E-state index in [0.29, 0.717) is 25.5 Å². The summed E-state index contributed by atoms with van der Waals surface area (Å²) in [5.74, 6) is -0.669. The van der Waals surface area contributed by atoms with E-state index in [4.69, 9.17) is 15.6 Å². The monoisotopic (exact) mass is 871 g/mol. The average Bonchev–Trinajstić information content (AvgIpc) is 3.27. The predicted octanol–water partition coefficient (Wildman–Crippen LogP) is 17.0. The van der Waals surface area contributed by atoms with Crippen molar-refractivity contribution in [2.24, 2.45) is 5.73 Å². The Kier molecular flexibility index (Phi) is 51.8. The molecule has 0 radical (unpaired) electrons. The molecule has 6 nitrogen and oxygen atoms in total. The van der Waals surface area contributed by atoms with Gasteiger partial charge in [-0.15, -0.1) is 0 Å². The van der Waals surface area contributed by atoms with Crippen LogP contribution in [-0.4, -0.2) is 42.8 Å². The molecular weight excluding hydrogens is 765 g/mol. The number of carbonyl (C=O) groups excluding carboxylic acids is 1. The number of hydrogen-bond donors (Lipinski definition) is 3. The SMILES string of the molecule is CCCCCCCCC=CCCCCCCCCOC(=O)CCCCCCCC=CCCCCCCCCNC(CN)CCCCCCCCC=CCCCCCCCC(=O)O. The van der Waals surface area contributed by atoms with E-state index >= 15 is 0 Å². The van der Waals surface area contributed by atoms with Gasteiger partial charge in [-0.05, 0) is 116 Å². The van der Waals surface area contributed by atoms with Crippen molar-refractivity contribution in [1.82, 2.24) is 5.32 Å². The molecule has 0 aliphatic heterocycles. The summed E-state index contributed by atoms with van der Waals surface area (Å²) in [6.07, 6.45) is 66.6. The van der Waals surface area contributed by atoms with E-state index in [1.165, 1.54) is 225 Å². The summed E-state index contributed by atoms with van der Waals surface area (Å²) in [7, 11) is 0. The number of hydrogen-bond acceptors (Lipinski definition) is 5. The quantitative estimate of drug-likeness (QED) is 0.0320. The fourth-order valence-corrected chi connectivity index (χ4v) is 8.27. The molecule has 0 fully saturated rings. The zero-order valence-electron chi connectivity index (χ0n) is 41.3. The van der Waals surface area contributed by atoms with Gasteiger partial charge >= 0.3 is 11.9 Å². The minimum absolute atomic E-state index is 0.00141. The van der Waals surface area contributed by atoms with E-state index in [2.05, 4.69) is 48.7 Å². The minimum Gasteiger partial charge on any atom is -0.481 e. The molecule has 0 saturated carbocycles. The molecule has 0 aromatic rings. The van der Waals surface area contributed by atoms with Crippen LogP contribution in [-0.2, 0) is 14.3 Å². The van der Waals surface area contributed by atoms with Gasteiger partial charge < -0.3 is 20.9 Å². The Hall–Kier alpha value is -1.92. The van der Waals surface area contributed by atoms with Gasteiger partial charge in [0.25, 0.3) is 0 Å². The van der Waals surface area contributed by atoms with Crippen molar-refractivity contribution in [1.29, 1.82) is 0 Å². The van der Waals surface area contributed by atoms with Gasteiger partial charge in [-0.25, -0.2) is 0 Å². The van der Waals surface area contributed by atoms with Crippen LogP contribution in [0.1, 0.15) is 283 Å². The number of nitrogens with two attached hydrogens (primary N) is 1. The van der Waals surface area contributed by atoms with E-state index < -0.39 is 5.97 Å². The zero-order valence-corrected chi connectivity index (χ0v) is 41.3. The summed E-state index contributed by atoms with van der Waals surface area (Å²) in [4.78, 5) is 22.6. The lowest BCUT2D eigenvalue weighted by Crippen LogP contribution is -2.36. The Morgan fingerprint density at radius 1 is 0.452 bits per heavy atom. The third kappa shape index (κ3) is 52.4. The van der Waals surface area contributed by atoms with Crippen LogP contribution in [0.15, 0.2) is 36.5 Å². The highest BCUT2D eigenvalue weighted by atomic mass is 16.5. The zero-order chi connectivity index (χ0) is 44.9. The lowest BCUT2D eigenvalue weighted by molar-refractivity contribution is -0.144. The Morgan fingerprint density at radius 2 is 0.790 bits per heavy atom.